The Morgan fingerprint density at radius 1 is 1.54 bits per heavy atom. The van der Waals surface area contributed by atoms with Crippen LogP contribution in [0.2, 0.25) is 0 Å². The minimum absolute atomic E-state index is 0.670. The third-order valence-electron chi connectivity index (χ3n) is 2.06. The minimum Gasteiger partial charge on any atom is -0.376 e. The molecule has 0 aromatic carbocycles. The maximum Gasteiger partial charge on any atom is 0.149 e. The standard InChI is InChI=1S/C9H13N3O/c1-2-10-9-5-7-6-13-4-3-8(7)11-12-9/h5H,2-4,6H2,1H3,(H,10,12). The van der Waals surface area contributed by atoms with E-state index in [1.807, 2.05) is 13.0 Å². The number of hydrogen-bond acceptors (Lipinski definition) is 4. The van der Waals surface area contributed by atoms with Gasteiger partial charge in [-0.05, 0) is 13.0 Å². The van der Waals surface area contributed by atoms with Crippen molar-refractivity contribution in [1.29, 1.82) is 0 Å². The van der Waals surface area contributed by atoms with Gasteiger partial charge in [-0.3, -0.25) is 0 Å². The molecule has 13 heavy (non-hydrogen) atoms. The Kier molecular flexibility index (Phi) is 2.40. The van der Waals surface area contributed by atoms with Crippen LogP contribution in [0.3, 0.4) is 0 Å². The van der Waals surface area contributed by atoms with E-state index in [2.05, 4.69) is 15.5 Å². The van der Waals surface area contributed by atoms with Gasteiger partial charge in [-0.1, -0.05) is 0 Å². The van der Waals surface area contributed by atoms with Crippen LogP contribution in [0, 0.1) is 0 Å². The van der Waals surface area contributed by atoms with E-state index in [4.69, 9.17) is 4.74 Å². The highest BCUT2D eigenvalue weighted by Crippen LogP contribution is 2.15. The molecule has 0 unspecified atom stereocenters. The summed E-state index contributed by atoms with van der Waals surface area (Å²) in [6, 6.07) is 2.02. The van der Waals surface area contributed by atoms with Crippen molar-refractivity contribution >= 4 is 5.82 Å². The van der Waals surface area contributed by atoms with Crippen LogP contribution in [0.5, 0.6) is 0 Å². The lowest BCUT2D eigenvalue weighted by Crippen LogP contribution is -2.14. The molecule has 0 bridgehead atoms. The van der Waals surface area contributed by atoms with Gasteiger partial charge in [0.2, 0.25) is 0 Å². The van der Waals surface area contributed by atoms with E-state index in [-0.39, 0.29) is 0 Å². The van der Waals surface area contributed by atoms with Crippen LogP contribution in [-0.2, 0) is 17.8 Å². The fourth-order valence-corrected chi connectivity index (χ4v) is 1.41. The number of ether oxygens (including phenoxy) is 1. The molecule has 0 atom stereocenters. The van der Waals surface area contributed by atoms with Gasteiger partial charge in [0.15, 0.2) is 0 Å². The Morgan fingerprint density at radius 3 is 3.31 bits per heavy atom. The van der Waals surface area contributed by atoms with Gasteiger partial charge >= 0.3 is 0 Å². The quantitative estimate of drug-likeness (QED) is 0.735. The Bertz CT molecular complexity index is 301. The van der Waals surface area contributed by atoms with Crippen LogP contribution in [0.15, 0.2) is 6.07 Å². The monoisotopic (exact) mass is 179 g/mol. The first-order valence-corrected chi connectivity index (χ1v) is 4.57. The summed E-state index contributed by atoms with van der Waals surface area (Å²) in [7, 11) is 0. The van der Waals surface area contributed by atoms with Crippen molar-refractivity contribution in [2.75, 3.05) is 18.5 Å². The highest BCUT2D eigenvalue weighted by atomic mass is 16.5. The van der Waals surface area contributed by atoms with Gasteiger partial charge in [-0.25, -0.2) is 0 Å². The summed E-state index contributed by atoms with van der Waals surface area (Å²) in [4.78, 5) is 0. The lowest BCUT2D eigenvalue weighted by Gasteiger charge is -2.15. The van der Waals surface area contributed by atoms with Crippen molar-refractivity contribution in [3.05, 3.63) is 17.3 Å². The van der Waals surface area contributed by atoms with Crippen molar-refractivity contribution in [2.24, 2.45) is 0 Å². The topological polar surface area (TPSA) is 47.0 Å². The molecule has 0 fully saturated rings. The summed E-state index contributed by atoms with van der Waals surface area (Å²) in [6.45, 7) is 4.34. The van der Waals surface area contributed by atoms with E-state index in [1.165, 1.54) is 0 Å². The zero-order chi connectivity index (χ0) is 9.10. The van der Waals surface area contributed by atoms with Crippen molar-refractivity contribution in [3.8, 4) is 0 Å². The summed E-state index contributed by atoms with van der Waals surface area (Å²) in [5.74, 6) is 0.840. The molecule has 0 spiro atoms. The first-order valence-electron chi connectivity index (χ1n) is 4.57. The Balaban J connectivity index is 2.24. The fourth-order valence-electron chi connectivity index (χ4n) is 1.41. The summed E-state index contributed by atoms with van der Waals surface area (Å²) in [6.07, 6.45) is 0.884. The van der Waals surface area contributed by atoms with Gasteiger partial charge in [0, 0.05) is 18.5 Å². The average molecular weight is 179 g/mol. The lowest BCUT2D eigenvalue weighted by molar-refractivity contribution is 0.109. The molecule has 4 nitrogen and oxygen atoms in total. The van der Waals surface area contributed by atoms with Crippen molar-refractivity contribution < 1.29 is 4.74 Å². The predicted octanol–water partition coefficient (Wildman–Crippen LogP) is 0.981. The maximum atomic E-state index is 5.33. The van der Waals surface area contributed by atoms with Crippen LogP contribution in [-0.4, -0.2) is 23.3 Å². The van der Waals surface area contributed by atoms with Gasteiger partial charge in [0.1, 0.15) is 5.82 Å². The predicted molar refractivity (Wildman–Crippen MR) is 49.6 cm³/mol. The number of hydrogen-bond donors (Lipinski definition) is 1. The summed E-state index contributed by atoms with van der Waals surface area (Å²) in [5.41, 5.74) is 2.24. The molecule has 0 saturated heterocycles. The smallest absolute Gasteiger partial charge is 0.149 e. The third-order valence-corrected chi connectivity index (χ3v) is 2.06. The Labute approximate surface area is 77.3 Å². The molecule has 2 rings (SSSR count). The van der Waals surface area contributed by atoms with E-state index >= 15 is 0 Å². The SMILES string of the molecule is CCNc1cc2c(nn1)CCOC2. The van der Waals surface area contributed by atoms with E-state index in [9.17, 15) is 0 Å². The zero-order valence-corrected chi connectivity index (χ0v) is 7.71. The lowest BCUT2D eigenvalue weighted by atomic mass is 10.1. The molecule has 70 valence electrons. The highest BCUT2D eigenvalue weighted by Gasteiger charge is 2.11. The fraction of sp³-hybridized carbons (Fsp3) is 0.556. The number of nitrogens with one attached hydrogen (secondary N) is 1. The van der Waals surface area contributed by atoms with E-state index < -0.39 is 0 Å². The molecule has 1 N–H and O–H groups in total. The van der Waals surface area contributed by atoms with Crippen LogP contribution < -0.4 is 5.32 Å². The van der Waals surface area contributed by atoms with Gasteiger partial charge in [0.25, 0.3) is 0 Å². The number of anilines is 1. The Hall–Kier alpha value is -1.16. The first-order chi connectivity index (χ1) is 6.40. The third kappa shape index (κ3) is 1.78. The molecule has 4 heteroatoms. The molecule has 0 saturated carbocycles. The molecule has 1 aliphatic rings. The second-order valence-electron chi connectivity index (χ2n) is 3.03. The molecular weight excluding hydrogens is 166 g/mol. The van der Waals surface area contributed by atoms with E-state index in [0.717, 1.165) is 36.6 Å². The first kappa shape index (κ1) is 8.44. The van der Waals surface area contributed by atoms with Crippen molar-refractivity contribution in [1.82, 2.24) is 10.2 Å². The minimum atomic E-state index is 0.670. The zero-order valence-electron chi connectivity index (χ0n) is 7.71. The Morgan fingerprint density at radius 2 is 2.46 bits per heavy atom. The van der Waals surface area contributed by atoms with Crippen LogP contribution in [0.1, 0.15) is 18.2 Å². The van der Waals surface area contributed by atoms with Gasteiger partial charge in [-0.2, -0.15) is 5.10 Å². The van der Waals surface area contributed by atoms with Gasteiger partial charge < -0.3 is 10.1 Å². The molecule has 0 aliphatic carbocycles. The number of aromatic nitrogens is 2. The summed E-state index contributed by atoms with van der Waals surface area (Å²) in [5, 5.41) is 11.3. The number of fused-ring (bicyclic) bond motifs is 1. The second-order valence-corrected chi connectivity index (χ2v) is 3.03. The van der Waals surface area contributed by atoms with E-state index in [0.29, 0.717) is 6.61 Å². The van der Waals surface area contributed by atoms with Gasteiger partial charge in [-0.15, -0.1) is 5.10 Å². The average Bonchev–Trinajstić information content (AvgIpc) is 2.18. The molecule has 1 aromatic rings. The largest absolute Gasteiger partial charge is 0.376 e. The van der Waals surface area contributed by atoms with Crippen LogP contribution >= 0.6 is 0 Å². The second kappa shape index (κ2) is 3.70. The highest BCUT2D eigenvalue weighted by molar-refractivity contribution is 5.38. The normalized spacial score (nSPS) is 15.2. The molecule has 2 heterocycles. The number of rotatable bonds is 2. The van der Waals surface area contributed by atoms with Crippen LogP contribution in [0.4, 0.5) is 5.82 Å². The maximum absolute atomic E-state index is 5.33. The van der Waals surface area contributed by atoms with Gasteiger partial charge in [0.05, 0.1) is 18.9 Å². The number of nitrogens with zero attached hydrogens (tertiary/aromatic N) is 2. The molecule has 1 aliphatic heterocycles. The molecular formula is C9H13N3O. The summed E-state index contributed by atoms with van der Waals surface area (Å²) >= 11 is 0. The molecule has 0 amide bonds. The van der Waals surface area contributed by atoms with E-state index in [1.54, 1.807) is 0 Å². The molecule has 1 aromatic heterocycles. The molecule has 0 radical (unpaired) electrons. The van der Waals surface area contributed by atoms with Crippen molar-refractivity contribution in [2.45, 2.75) is 20.0 Å². The van der Waals surface area contributed by atoms with Crippen molar-refractivity contribution in [3.63, 3.8) is 0 Å². The summed E-state index contributed by atoms with van der Waals surface area (Å²) < 4.78 is 5.33. The van der Waals surface area contributed by atoms with Crippen LogP contribution in [0.25, 0.3) is 0 Å².